The highest BCUT2D eigenvalue weighted by Gasteiger charge is 2.16. The van der Waals surface area contributed by atoms with Gasteiger partial charge in [0.1, 0.15) is 0 Å². The fourth-order valence-electron chi connectivity index (χ4n) is 1.43. The summed E-state index contributed by atoms with van der Waals surface area (Å²) >= 11 is 0. The number of rotatable bonds is 8. The molecule has 0 radical (unpaired) electrons. The summed E-state index contributed by atoms with van der Waals surface area (Å²) in [5.74, 6) is 0. The van der Waals surface area contributed by atoms with Gasteiger partial charge in [-0.25, -0.2) is 0 Å². The number of aliphatic hydroxyl groups is 2. The Labute approximate surface area is 79.8 Å². The number of hydrogen-bond acceptors (Lipinski definition) is 4. The van der Waals surface area contributed by atoms with Gasteiger partial charge in [-0.05, 0) is 19.5 Å². The predicted molar refractivity (Wildman–Crippen MR) is 51.7 cm³/mol. The van der Waals surface area contributed by atoms with Crippen LogP contribution in [0.3, 0.4) is 0 Å². The molecule has 0 amide bonds. The van der Waals surface area contributed by atoms with Gasteiger partial charge < -0.3 is 15.1 Å². The van der Waals surface area contributed by atoms with Gasteiger partial charge in [0.05, 0.1) is 13.2 Å². The highest BCUT2D eigenvalue weighted by atomic mass is 16.3. The maximum atomic E-state index is 8.75. The molecule has 0 unspecified atom stereocenters. The average Bonchev–Trinajstić information content (AvgIpc) is 2.89. The Hall–Kier alpha value is -0.160. The molecule has 4 heteroatoms. The van der Waals surface area contributed by atoms with E-state index in [9.17, 15) is 0 Å². The van der Waals surface area contributed by atoms with Crippen molar-refractivity contribution in [3.05, 3.63) is 0 Å². The fraction of sp³-hybridized carbons (Fsp3) is 1.00. The van der Waals surface area contributed by atoms with Crippen molar-refractivity contribution in [2.45, 2.75) is 6.42 Å². The van der Waals surface area contributed by atoms with Crippen LogP contribution < -0.4 is 0 Å². The van der Waals surface area contributed by atoms with Crippen LogP contribution in [0.5, 0.6) is 0 Å². The van der Waals surface area contributed by atoms with E-state index in [2.05, 4.69) is 9.80 Å². The van der Waals surface area contributed by atoms with Crippen LogP contribution in [0.15, 0.2) is 0 Å². The van der Waals surface area contributed by atoms with Gasteiger partial charge in [-0.3, -0.25) is 4.90 Å². The molecule has 78 valence electrons. The molecule has 2 N–H and O–H groups in total. The van der Waals surface area contributed by atoms with Crippen molar-refractivity contribution in [3.63, 3.8) is 0 Å². The molecule has 1 rings (SSSR count). The lowest BCUT2D eigenvalue weighted by Gasteiger charge is -2.19. The molecule has 1 aliphatic rings. The monoisotopic (exact) mass is 188 g/mol. The van der Waals surface area contributed by atoms with Crippen LogP contribution in [0.2, 0.25) is 0 Å². The molecule has 0 bridgehead atoms. The van der Waals surface area contributed by atoms with Gasteiger partial charge in [-0.1, -0.05) is 0 Å². The van der Waals surface area contributed by atoms with Crippen molar-refractivity contribution in [2.24, 2.45) is 0 Å². The number of hydrogen-bond donors (Lipinski definition) is 2. The van der Waals surface area contributed by atoms with E-state index in [1.54, 1.807) is 0 Å². The Morgan fingerprint density at radius 2 is 1.62 bits per heavy atom. The topological polar surface area (TPSA) is 46.7 Å². The zero-order valence-corrected chi connectivity index (χ0v) is 8.15. The number of nitrogens with zero attached hydrogens (tertiary/aromatic N) is 2. The fourth-order valence-corrected chi connectivity index (χ4v) is 1.43. The predicted octanol–water partition coefficient (Wildman–Crippen LogP) is -1.02. The van der Waals surface area contributed by atoms with E-state index < -0.39 is 0 Å². The van der Waals surface area contributed by atoms with E-state index in [0.29, 0.717) is 13.1 Å². The molecular formula is C9H20N2O2. The van der Waals surface area contributed by atoms with E-state index >= 15 is 0 Å². The second kappa shape index (κ2) is 6.32. The van der Waals surface area contributed by atoms with Crippen LogP contribution in [0.1, 0.15) is 6.42 Å². The minimum absolute atomic E-state index is 0.184. The van der Waals surface area contributed by atoms with Gasteiger partial charge in [0.2, 0.25) is 0 Å². The Kier molecular flexibility index (Phi) is 5.31. The van der Waals surface area contributed by atoms with Crippen molar-refractivity contribution in [2.75, 3.05) is 52.5 Å². The minimum Gasteiger partial charge on any atom is -0.395 e. The second-order valence-electron chi connectivity index (χ2n) is 3.48. The molecule has 1 aliphatic heterocycles. The Morgan fingerprint density at radius 3 is 2.08 bits per heavy atom. The first-order chi connectivity index (χ1) is 6.36. The third kappa shape index (κ3) is 5.21. The second-order valence-corrected chi connectivity index (χ2v) is 3.48. The molecule has 0 aromatic heterocycles. The molecule has 0 aromatic carbocycles. The average molecular weight is 188 g/mol. The van der Waals surface area contributed by atoms with Gasteiger partial charge in [0, 0.05) is 26.2 Å². The molecule has 4 nitrogen and oxygen atoms in total. The molecule has 0 aromatic rings. The van der Waals surface area contributed by atoms with Gasteiger partial charge in [-0.15, -0.1) is 0 Å². The molecule has 0 aliphatic carbocycles. The molecule has 13 heavy (non-hydrogen) atoms. The molecule has 1 fully saturated rings. The normalized spacial score (nSPS) is 16.8. The van der Waals surface area contributed by atoms with E-state index in [0.717, 1.165) is 19.5 Å². The van der Waals surface area contributed by atoms with Gasteiger partial charge in [0.25, 0.3) is 0 Å². The Morgan fingerprint density at radius 1 is 1.00 bits per heavy atom. The molecule has 1 heterocycles. The molecular weight excluding hydrogens is 168 g/mol. The zero-order valence-electron chi connectivity index (χ0n) is 8.15. The zero-order chi connectivity index (χ0) is 9.52. The third-order valence-electron chi connectivity index (χ3n) is 2.32. The first-order valence-corrected chi connectivity index (χ1v) is 5.03. The van der Waals surface area contributed by atoms with Crippen LogP contribution >= 0.6 is 0 Å². The summed E-state index contributed by atoms with van der Waals surface area (Å²) < 4.78 is 0. The molecule has 0 spiro atoms. The lowest BCUT2D eigenvalue weighted by atomic mass is 10.3. The summed E-state index contributed by atoms with van der Waals surface area (Å²) in [6.07, 6.45) is 1.14. The van der Waals surface area contributed by atoms with Gasteiger partial charge >= 0.3 is 0 Å². The maximum absolute atomic E-state index is 8.75. The minimum atomic E-state index is 0.184. The summed E-state index contributed by atoms with van der Waals surface area (Å²) in [4.78, 5) is 4.49. The lowest BCUT2D eigenvalue weighted by molar-refractivity contribution is 0.158. The lowest BCUT2D eigenvalue weighted by Crippen LogP contribution is -2.31. The van der Waals surface area contributed by atoms with E-state index in [4.69, 9.17) is 10.2 Å². The Bertz CT molecular complexity index is 123. The third-order valence-corrected chi connectivity index (χ3v) is 2.32. The first kappa shape index (κ1) is 10.9. The van der Waals surface area contributed by atoms with E-state index in [1.165, 1.54) is 13.1 Å². The van der Waals surface area contributed by atoms with Crippen LogP contribution in [0.25, 0.3) is 0 Å². The largest absolute Gasteiger partial charge is 0.395 e. The van der Waals surface area contributed by atoms with Gasteiger partial charge in [0.15, 0.2) is 0 Å². The standard InChI is InChI=1S/C9H20N2O2/c12-8-6-11(7-9-13)3-1-2-10-4-5-10/h12-13H,1-9H2. The quantitative estimate of drug-likeness (QED) is 0.479. The van der Waals surface area contributed by atoms with Crippen molar-refractivity contribution >= 4 is 0 Å². The Balaban J connectivity index is 1.98. The smallest absolute Gasteiger partial charge is 0.0558 e. The van der Waals surface area contributed by atoms with Crippen molar-refractivity contribution < 1.29 is 10.2 Å². The van der Waals surface area contributed by atoms with Crippen LogP contribution in [-0.4, -0.2) is 72.5 Å². The maximum Gasteiger partial charge on any atom is 0.0558 e. The summed E-state index contributed by atoms with van der Waals surface area (Å²) in [6, 6.07) is 0. The highest BCUT2D eigenvalue weighted by Crippen LogP contribution is 2.04. The van der Waals surface area contributed by atoms with Crippen molar-refractivity contribution in [3.8, 4) is 0 Å². The van der Waals surface area contributed by atoms with Crippen LogP contribution in [-0.2, 0) is 0 Å². The SMILES string of the molecule is OCCN(CCO)CCCN1CC1. The number of aliphatic hydroxyl groups excluding tert-OH is 2. The van der Waals surface area contributed by atoms with Gasteiger partial charge in [-0.2, -0.15) is 0 Å². The summed E-state index contributed by atoms with van der Waals surface area (Å²) in [7, 11) is 0. The molecule has 0 saturated carbocycles. The van der Waals surface area contributed by atoms with E-state index in [-0.39, 0.29) is 13.2 Å². The first-order valence-electron chi connectivity index (χ1n) is 5.03. The summed E-state index contributed by atoms with van der Waals surface area (Å²) in [6.45, 7) is 6.37. The van der Waals surface area contributed by atoms with Crippen LogP contribution in [0.4, 0.5) is 0 Å². The summed E-state index contributed by atoms with van der Waals surface area (Å²) in [5, 5.41) is 17.5. The van der Waals surface area contributed by atoms with E-state index in [1.807, 2.05) is 0 Å². The van der Waals surface area contributed by atoms with Crippen molar-refractivity contribution in [1.82, 2.24) is 9.80 Å². The molecule has 0 atom stereocenters. The summed E-state index contributed by atoms with van der Waals surface area (Å²) in [5.41, 5.74) is 0. The molecule has 1 saturated heterocycles. The van der Waals surface area contributed by atoms with Crippen molar-refractivity contribution in [1.29, 1.82) is 0 Å². The van der Waals surface area contributed by atoms with Crippen LogP contribution in [0, 0.1) is 0 Å². The highest BCUT2D eigenvalue weighted by molar-refractivity contribution is 4.72.